The molecule has 36 heavy (non-hydrogen) atoms. The van der Waals surface area contributed by atoms with Gasteiger partial charge in [-0.15, -0.1) is 11.3 Å². The molecule has 0 aliphatic carbocycles. The van der Waals surface area contributed by atoms with Gasteiger partial charge in [-0.3, -0.25) is 5.10 Å². The van der Waals surface area contributed by atoms with Gasteiger partial charge in [0.25, 0.3) is 0 Å². The lowest BCUT2D eigenvalue weighted by Gasteiger charge is -2.11. The Kier molecular flexibility index (Phi) is 7.06. The molecule has 0 saturated carbocycles. The van der Waals surface area contributed by atoms with E-state index in [1.807, 2.05) is 41.8 Å². The van der Waals surface area contributed by atoms with E-state index in [0.717, 1.165) is 21.8 Å². The van der Waals surface area contributed by atoms with Crippen LogP contribution >= 0.6 is 34.7 Å². The topological polar surface area (TPSA) is 134 Å². The number of nitriles is 1. The van der Waals surface area contributed by atoms with Crippen molar-refractivity contribution in [2.75, 3.05) is 18.9 Å². The smallest absolute Gasteiger partial charge is 0.184 e. The number of aromatic amines is 1. The van der Waals surface area contributed by atoms with Crippen LogP contribution in [-0.4, -0.2) is 38.5 Å². The van der Waals surface area contributed by atoms with Crippen molar-refractivity contribution in [1.29, 1.82) is 5.26 Å². The summed E-state index contributed by atoms with van der Waals surface area (Å²) < 4.78 is 5.46. The number of thiazole rings is 1. The molecular weight excluding hydrogens is 516 g/mol. The highest BCUT2D eigenvalue weighted by atomic mass is 35.5. The van der Waals surface area contributed by atoms with Crippen molar-refractivity contribution in [2.24, 2.45) is 0 Å². The molecule has 3 aromatic heterocycles. The monoisotopic (exact) mass is 534 g/mol. The number of thioether (sulfide) groups is 1. The highest BCUT2D eigenvalue weighted by Gasteiger charge is 2.21. The Hall–Kier alpha value is -3.62. The number of aliphatic hydroxyl groups is 1. The molecule has 2 aromatic carbocycles. The van der Waals surface area contributed by atoms with Gasteiger partial charge in [0, 0.05) is 27.3 Å². The third-order valence-electron chi connectivity index (χ3n) is 5.31. The number of nitrogens with zero attached hydrogens (tertiary/aromatic N) is 4. The maximum Gasteiger partial charge on any atom is 0.184 e. The van der Waals surface area contributed by atoms with Crippen LogP contribution < -0.4 is 10.5 Å². The first kappa shape index (κ1) is 24.1. The van der Waals surface area contributed by atoms with E-state index in [-0.39, 0.29) is 13.2 Å². The lowest BCUT2D eigenvalue weighted by atomic mass is 9.98. The van der Waals surface area contributed by atoms with E-state index in [1.54, 1.807) is 23.5 Å². The zero-order chi connectivity index (χ0) is 25.1. The summed E-state index contributed by atoms with van der Waals surface area (Å²) in [5.74, 6) is 1.49. The first-order valence-electron chi connectivity index (χ1n) is 10.8. The molecule has 0 fully saturated rings. The molecule has 3 heterocycles. The van der Waals surface area contributed by atoms with Crippen LogP contribution in [0.25, 0.3) is 32.7 Å². The van der Waals surface area contributed by atoms with Crippen molar-refractivity contribution in [3.8, 4) is 33.5 Å². The second-order valence-corrected chi connectivity index (χ2v) is 9.91. The standard InChI is InChI=1S/C25H19ClN6O2S2/c26-16-5-1-15(2-6-16)24-29-17(12-35-24)13-36-25-19(11-27)20(21-22(28)31-32-23(21)30-25)14-3-7-18(8-4-14)34-10-9-33/h1-8,12,33H,9-10,13H2,(H3,28,30,31,32). The number of aliphatic hydroxyl groups excluding tert-OH is 1. The fourth-order valence-corrected chi connectivity index (χ4v) is 5.61. The molecule has 11 heteroatoms. The van der Waals surface area contributed by atoms with Crippen LogP contribution in [0.15, 0.2) is 58.9 Å². The van der Waals surface area contributed by atoms with Gasteiger partial charge in [0.1, 0.15) is 34.3 Å². The number of hydrogen-bond donors (Lipinski definition) is 3. The van der Waals surface area contributed by atoms with Crippen molar-refractivity contribution < 1.29 is 9.84 Å². The van der Waals surface area contributed by atoms with Gasteiger partial charge in [0.05, 0.1) is 23.3 Å². The Morgan fingerprint density at radius 3 is 2.58 bits per heavy atom. The van der Waals surface area contributed by atoms with Crippen LogP contribution in [0.2, 0.25) is 5.02 Å². The first-order valence-corrected chi connectivity index (χ1v) is 13.1. The number of rotatable bonds is 8. The number of halogens is 1. The van der Waals surface area contributed by atoms with Crippen LogP contribution in [0.3, 0.4) is 0 Å². The molecule has 8 nitrogen and oxygen atoms in total. The third-order valence-corrected chi connectivity index (χ3v) is 7.51. The minimum Gasteiger partial charge on any atom is -0.491 e. The van der Waals surface area contributed by atoms with Gasteiger partial charge >= 0.3 is 0 Å². The SMILES string of the molecule is N#Cc1c(SCc2csc(-c3ccc(Cl)cc3)n2)nc2n[nH]c(N)c2c1-c1ccc(OCCO)cc1. The molecule has 0 radical (unpaired) electrons. The summed E-state index contributed by atoms with van der Waals surface area (Å²) in [6, 6.07) is 17.2. The molecule has 180 valence electrons. The molecule has 0 amide bonds. The lowest BCUT2D eigenvalue weighted by Crippen LogP contribution is -2.01. The number of pyridine rings is 1. The summed E-state index contributed by atoms with van der Waals surface area (Å²) >= 11 is 8.97. The predicted octanol–water partition coefficient (Wildman–Crippen LogP) is 5.52. The molecule has 0 aliphatic heterocycles. The number of nitrogen functional groups attached to an aromatic ring is 1. The second kappa shape index (κ2) is 10.6. The van der Waals surface area contributed by atoms with Crippen molar-refractivity contribution >= 4 is 51.6 Å². The Labute approximate surface area is 219 Å². The molecule has 5 aromatic rings. The van der Waals surface area contributed by atoms with E-state index >= 15 is 0 Å². The van der Waals surface area contributed by atoms with E-state index in [0.29, 0.717) is 49.5 Å². The number of nitrogens with two attached hydrogens (primary N) is 1. The van der Waals surface area contributed by atoms with E-state index in [4.69, 9.17) is 32.2 Å². The Morgan fingerprint density at radius 2 is 1.86 bits per heavy atom. The van der Waals surface area contributed by atoms with Crippen LogP contribution in [0.5, 0.6) is 5.75 Å². The fraction of sp³-hybridized carbons (Fsp3) is 0.120. The van der Waals surface area contributed by atoms with Gasteiger partial charge in [0.15, 0.2) is 5.65 Å². The number of benzene rings is 2. The lowest BCUT2D eigenvalue weighted by molar-refractivity contribution is 0.201. The van der Waals surface area contributed by atoms with Gasteiger partial charge in [0.2, 0.25) is 0 Å². The fourth-order valence-electron chi connectivity index (χ4n) is 3.68. The van der Waals surface area contributed by atoms with Gasteiger partial charge in [-0.2, -0.15) is 10.4 Å². The quantitative estimate of drug-likeness (QED) is 0.221. The number of nitrogens with one attached hydrogen (secondary N) is 1. The number of fused-ring (bicyclic) bond motifs is 1. The van der Waals surface area contributed by atoms with Crippen LogP contribution in [0.4, 0.5) is 5.82 Å². The number of aromatic nitrogens is 4. The molecule has 0 saturated heterocycles. The van der Waals surface area contributed by atoms with Gasteiger partial charge < -0.3 is 15.6 Å². The van der Waals surface area contributed by atoms with E-state index in [9.17, 15) is 5.26 Å². The maximum atomic E-state index is 10.1. The van der Waals surface area contributed by atoms with Gasteiger partial charge in [-0.05, 0) is 29.8 Å². The first-order chi connectivity index (χ1) is 17.6. The largest absolute Gasteiger partial charge is 0.491 e. The molecule has 0 unspecified atom stereocenters. The van der Waals surface area contributed by atoms with E-state index in [1.165, 1.54) is 11.8 Å². The minimum absolute atomic E-state index is 0.0718. The summed E-state index contributed by atoms with van der Waals surface area (Å²) in [6.45, 7) is 0.131. The molecule has 0 atom stereocenters. The average molecular weight is 535 g/mol. The highest BCUT2D eigenvalue weighted by Crippen LogP contribution is 2.39. The summed E-state index contributed by atoms with van der Waals surface area (Å²) in [5, 5.41) is 30.9. The molecule has 4 N–H and O–H groups in total. The summed E-state index contributed by atoms with van der Waals surface area (Å²) in [4.78, 5) is 9.36. The molecular formula is C25H19ClN6O2S2. The summed E-state index contributed by atoms with van der Waals surface area (Å²) in [5.41, 5.74) is 10.3. The molecule has 5 rings (SSSR count). The van der Waals surface area contributed by atoms with Crippen LogP contribution in [0.1, 0.15) is 11.3 Å². The van der Waals surface area contributed by atoms with E-state index < -0.39 is 0 Å². The number of ether oxygens (including phenoxy) is 1. The van der Waals surface area contributed by atoms with Crippen LogP contribution in [-0.2, 0) is 5.75 Å². The number of hydrogen-bond acceptors (Lipinski definition) is 9. The third kappa shape index (κ3) is 4.87. The summed E-state index contributed by atoms with van der Waals surface area (Å²) in [7, 11) is 0. The van der Waals surface area contributed by atoms with E-state index in [2.05, 4.69) is 21.3 Å². The number of H-pyrrole nitrogens is 1. The Balaban J connectivity index is 1.47. The molecule has 0 aliphatic rings. The van der Waals surface area contributed by atoms with Crippen molar-refractivity contribution in [3.05, 3.63) is 70.2 Å². The van der Waals surface area contributed by atoms with Gasteiger partial charge in [-0.25, -0.2) is 9.97 Å². The van der Waals surface area contributed by atoms with Crippen molar-refractivity contribution in [2.45, 2.75) is 10.8 Å². The maximum absolute atomic E-state index is 10.1. The van der Waals surface area contributed by atoms with Crippen LogP contribution in [0, 0.1) is 11.3 Å². The molecule has 0 spiro atoms. The Bertz CT molecular complexity index is 1560. The predicted molar refractivity (Wildman–Crippen MR) is 143 cm³/mol. The zero-order valence-corrected chi connectivity index (χ0v) is 21.1. The molecule has 0 bridgehead atoms. The second-order valence-electron chi connectivity index (χ2n) is 7.65. The minimum atomic E-state index is -0.0718. The van der Waals surface area contributed by atoms with Crippen molar-refractivity contribution in [1.82, 2.24) is 20.2 Å². The number of anilines is 1. The average Bonchev–Trinajstić information content (AvgIpc) is 3.53. The van der Waals surface area contributed by atoms with Gasteiger partial charge in [-0.1, -0.05) is 47.6 Å². The summed E-state index contributed by atoms with van der Waals surface area (Å²) in [6.07, 6.45) is 0. The highest BCUT2D eigenvalue weighted by molar-refractivity contribution is 7.98. The Morgan fingerprint density at radius 1 is 1.11 bits per heavy atom. The normalized spacial score (nSPS) is 11.0. The van der Waals surface area contributed by atoms with Crippen molar-refractivity contribution in [3.63, 3.8) is 0 Å². The zero-order valence-electron chi connectivity index (χ0n) is 18.7.